The summed E-state index contributed by atoms with van der Waals surface area (Å²) in [7, 11) is 0. The molecule has 2 rings (SSSR count). The molecule has 1 aliphatic rings. The van der Waals surface area contributed by atoms with Gasteiger partial charge in [-0.25, -0.2) is 4.39 Å². The number of hydrogen-bond donors (Lipinski definition) is 2. The number of hydrogen-bond acceptors (Lipinski definition) is 3. The number of carbonyl (C=O) groups excluding carboxylic acids is 3. The molecule has 0 bridgehead atoms. The van der Waals surface area contributed by atoms with Crippen LogP contribution in [0.2, 0.25) is 0 Å². The summed E-state index contributed by atoms with van der Waals surface area (Å²) in [6.07, 6.45) is 3.84. The van der Waals surface area contributed by atoms with Crippen molar-refractivity contribution in [3.8, 4) is 0 Å². The zero-order valence-corrected chi connectivity index (χ0v) is 15.8. The molecule has 6 nitrogen and oxygen atoms in total. The lowest BCUT2D eigenvalue weighted by Crippen LogP contribution is -2.44. The molecular formula is C20H28FN3O3. The van der Waals surface area contributed by atoms with Crippen molar-refractivity contribution in [1.29, 1.82) is 0 Å². The fraction of sp³-hybridized carbons (Fsp3) is 0.550. The fourth-order valence-electron chi connectivity index (χ4n) is 3.09. The Bertz CT molecular complexity index is 640. The van der Waals surface area contributed by atoms with E-state index in [-0.39, 0.29) is 23.6 Å². The largest absolute Gasteiger partial charge is 0.354 e. The zero-order chi connectivity index (χ0) is 19.6. The minimum atomic E-state index is -0.392. The molecule has 0 atom stereocenters. The van der Waals surface area contributed by atoms with Crippen molar-refractivity contribution in [2.75, 3.05) is 26.2 Å². The van der Waals surface area contributed by atoms with E-state index in [1.54, 1.807) is 0 Å². The van der Waals surface area contributed by atoms with Gasteiger partial charge in [-0.1, -0.05) is 13.3 Å². The first-order valence-electron chi connectivity index (χ1n) is 9.60. The Morgan fingerprint density at radius 1 is 1.07 bits per heavy atom. The van der Waals surface area contributed by atoms with E-state index in [0.717, 1.165) is 12.8 Å². The van der Waals surface area contributed by atoms with Crippen LogP contribution in [0.3, 0.4) is 0 Å². The minimum absolute atomic E-state index is 0.0355. The molecule has 0 saturated carbocycles. The predicted octanol–water partition coefficient (Wildman–Crippen LogP) is 2.10. The van der Waals surface area contributed by atoms with Crippen molar-refractivity contribution in [2.24, 2.45) is 5.92 Å². The maximum atomic E-state index is 12.8. The summed E-state index contributed by atoms with van der Waals surface area (Å²) in [5.74, 6) is -0.640. The number of unbranched alkanes of at least 4 members (excludes halogenated alkanes) is 1. The first-order valence-corrected chi connectivity index (χ1v) is 9.60. The van der Waals surface area contributed by atoms with Gasteiger partial charge >= 0.3 is 0 Å². The maximum Gasteiger partial charge on any atom is 0.251 e. The van der Waals surface area contributed by atoms with Gasteiger partial charge < -0.3 is 15.5 Å². The highest BCUT2D eigenvalue weighted by atomic mass is 19.1. The van der Waals surface area contributed by atoms with Crippen LogP contribution in [0.4, 0.5) is 4.39 Å². The standard InChI is InChI=1S/C20H28FN3O3/c1-2-3-4-18(25)24-13-9-16(10-14-24)20(27)23-12-11-22-19(26)15-5-7-17(21)8-6-15/h5-8,16H,2-4,9-14H2,1H3,(H,22,26)(H,23,27). The quantitative estimate of drug-likeness (QED) is 0.681. The van der Waals surface area contributed by atoms with Crippen LogP contribution in [0.15, 0.2) is 24.3 Å². The van der Waals surface area contributed by atoms with E-state index in [1.807, 2.05) is 4.90 Å². The highest BCUT2D eigenvalue weighted by Crippen LogP contribution is 2.18. The van der Waals surface area contributed by atoms with E-state index in [0.29, 0.717) is 51.0 Å². The lowest BCUT2D eigenvalue weighted by atomic mass is 9.95. The monoisotopic (exact) mass is 377 g/mol. The molecule has 0 aliphatic carbocycles. The number of nitrogens with one attached hydrogen (secondary N) is 2. The van der Waals surface area contributed by atoms with E-state index >= 15 is 0 Å². The molecule has 1 aromatic carbocycles. The second kappa shape index (κ2) is 10.6. The average molecular weight is 377 g/mol. The lowest BCUT2D eigenvalue weighted by molar-refractivity contribution is -0.135. The molecule has 1 fully saturated rings. The number of halogens is 1. The summed E-state index contributed by atoms with van der Waals surface area (Å²) in [5, 5.41) is 5.52. The van der Waals surface area contributed by atoms with Gasteiger partial charge in [-0.3, -0.25) is 14.4 Å². The van der Waals surface area contributed by atoms with Crippen LogP contribution in [0, 0.1) is 11.7 Å². The molecular weight excluding hydrogens is 349 g/mol. The van der Waals surface area contributed by atoms with Crippen LogP contribution in [0.5, 0.6) is 0 Å². The van der Waals surface area contributed by atoms with Crippen molar-refractivity contribution in [3.05, 3.63) is 35.6 Å². The second-order valence-electron chi connectivity index (χ2n) is 6.81. The fourth-order valence-corrected chi connectivity index (χ4v) is 3.09. The zero-order valence-electron chi connectivity index (χ0n) is 15.8. The highest BCUT2D eigenvalue weighted by Gasteiger charge is 2.26. The van der Waals surface area contributed by atoms with E-state index in [2.05, 4.69) is 17.6 Å². The molecule has 1 aromatic rings. The summed E-state index contributed by atoms with van der Waals surface area (Å²) in [5.41, 5.74) is 0.378. The summed E-state index contributed by atoms with van der Waals surface area (Å²) < 4.78 is 12.8. The van der Waals surface area contributed by atoms with Gasteiger partial charge in [0.15, 0.2) is 0 Å². The third-order valence-electron chi connectivity index (χ3n) is 4.78. The van der Waals surface area contributed by atoms with Gasteiger partial charge in [0, 0.05) is 44.1 Å². The molecule has 148 valence electrons. The van der Waals surface area contributed by atoms with Crippen molar-refractivity contribution in [1.82, 2.24) is 15.5 Å². The van der Waals surface area contributed by atoms with E-state index in [4.69, 9.17) is 0 Å². The van der Waals surface area contributed by atoms with E-state index < -0.39 is 5.82 Å². The molecule has 0 aromatic heterocycles. The van der Waals surface area contributed by atoms with Crippen molar-refractivity contribution in [2.45, 2.75) is 39.0 Å². The first-order chi connectivity index (χ1) is 13.0. The summed E-state index contributed by atoms with van der Waals surface area (Å²) in [6.45, 7) is 3.95. The molecule has 2 N–H and O–H groups in total. The van der Waals surface area contributed by atoms with Crippen molar-refractivity contribution < 1.29 is 18.8 Å². The van der Waals surface area contributed by atoms with Gasteiger partial charge in [-0.2, -0.15) is 0 Å². The third kappa shape index (κ3) is 6.66. The molecule has 1 saturated heterocycles. The molecule has 7 heteroatoms. The first kappa shape index (κ1) is 20.9. The highest BCUT2D eigenvalue weighted by molar-refractivity contribution is 5.94. The molecule has 0 unspecified atom stereocenters. The molecule has 1 aliphatic heterocycles. The second-order valence-corrected chi connectivity index (χ2v) is 6.81. The Hall–Kier alpha value is -2.44. The SMILES string of the molecule is CCCCC(=O)N1CCC(C(=O)NCCNC(=O)c2ccc(F)cc2)CC1. The van der Waals surface area contributed by atoms with E-state index in [9.17, 15) is 18.8 Å². The smallest absolute Gasteiger partial charge is 0.251 e. The van der Waals surface area contributed by atoms with Gasteiger partial charge in [0.2, 0.25) is 11.8 Å². The summed E-state index contributed by atoms with van der Waals surface area (Å²) in [4.78, 5) is 38.0. The number of piperidine rings is 1. The molecule has 1 heterocycles. The van der Waals surface area contributed by atoms with Crippen LogP contribution in [0.25, 0.3) is 0 Å². The van der Waals surface area contributed by atoms with Crippen LogP contribution >= 0.6 is 0 Å². The Morgan fingerprint density at radius 3 is 2.33 bits per heavy atom. The molecule has 3 amide bonds. The van der Waals surface area contributed by atoms with Gasteiger partial charge in [0.05, 0.1) is 0 Å². The minimum Gasteiger partial charge on any atom is -0.354 e. The topological polar surface area (TPSA) is 78.5 Å². The number of rotatable bonds is 8. The number of amides is 3. The number of carbonyl (C=O) groups is 3. The van der Waals surface area contributed by atoms with Crippen LogP contribution in [-0.2, 0) is 9.59 Å². The Balaban J connectivity index is 1.63. The number of likely N-dealkylation sites (tertiary alicyclic amines) is 1. The van der Waals surface area contributed by atoms with Crippen LogP contribution in [0.1, 0.15) is 49.4 Å². The van der Waals surface area contributed by atoms with Gasteiger partial charge in [0.1, 0.15) is 5.82 Å². The third-order valence-corrected chi connectivity index (χ3v) is 4.78. The molecule has 0 spiro atoms. The van der Waals surface area contributed by atoms with E-state index in [1.165, 1.54) is 24.3 Å². The van der Waals surface area contributed by atoms with Crippen LogP contribution in [-0.4, -0.2) is 48.8 Å². The normalized spacial score (nSPS) is 14.7. The van der Waals surface area contributed by atoms with Gasteiger partial charge in [0.25, 0.3) is 5.91 Å². The molecule has 27 heavy (non-hydrogen) atoms. The van der Waals surface area contributed by atoms with Crippen molar-refractivity contribution >= 4 is 17.7 Å². The lowest BCUT2D eigenvalue weighted by Gasteiger charge is -2.31. The van der Waals surface area contributed by atoms with Crippen LogP contribution < -0.4 is 10.6 Å². The van der Waals surface area contributed by atoms with Gasteiger partial charge in [-0.05, 0) is 43.5 Å². The number of benzene rings is 1. The maximum absolute atomic E-state index is 12.8. The average Bonchev–Trinajstić information content (AvgIpc) is 2.69. The summed E-state index contributed by atoms with van der Waals surface area (Å²) >= 11 is 0. The molecule has 0 radical (unpaired) electrons. The Kier molecular flexibility index (Phi) is 8.23. The Labute approximate surface area is 159 Å². The van der Waals surface area contributed by atoms with Gasteiger partial charge in [-0.15, -0.1) is 0 Å². The predicted molar refractivity (Wildman–Crippen MR) is 101 cm³/mol. The van der Waals surface area contributed by atoms with Crippen molar-refractivity contribution in [3.63, 3.8) is 0 Å². The number of nitrogens with zero attached hydrogens (tertiary/aromatic N) is 1. The summed E-state index contributed by atoms with van der Waals surface area (Å²) in [6, 6.07) is 5.30. The Morgan fingerprint density at radius 2 is 1.70 bits per heavy atom.